The topological polar surface area (TPSA) is 63.6 Å². The number of carbonyl (C=O) groups is 2. The lowest BCUT2D eigenvalue weighted by molar-refractivity contribution is 0.0591. The van der Waals surface area contributed by atoms with Crippen molar-refractivity contribution in [3.8, 4) is 0 Å². The van der Waals surface area contributed by atoms with Crippen molar-refractivity contribution < 1.29 is 19.4 Å². The molecule has 0 heterocycles. The molecule has 1 unspecified atom stereocenters. The number of methoxy groups -OCH3 is 1. The molecule has 0 fully saturated rings. The molecule has 0 aliphatic heterocycles. The number of ether oxygens (including phenoxy) is 1. The molecule has 0 spiro atoms. The van der Waals surface area contributed by atoms with Crippen LogP contribution < -0.4 is 0 Å². The van der Waals surface area contributed by atoms with Crippen LogP contribution in [-0.2, 0) is 4.74 Å². The fraction of sp³-hybridized carbons (Fsp3) is 0.125. The molecule has 0 bridgehead atoms. The van der Waals surface area contributed by atoms with E-state index in [0.29, 0.717) is 5.56 Å². The molecule has 0 saturated heterocycles. The van der Waals surface area contributed by atoms with Crippen LogP contribution in [0.2, 0.25) is 0 Å². The van der Waals surface area contributed by atoms with Crippen LogP contribution >= 0.6 is 0 Å². The maximum absolute atomic E-state index is 12.3. The highest BCUT2D eigenvalue weighted by Gasteiger charge is 2.24. The largest absolute Gasteiger partial charge is 0.465 e. The fourth-order valence-electron chi connectivity index (χ4n) is 1.92. The van der Waals surface area contributed by atoms with E-state index in [2.05, 4.69) is 4.74 Å². The van der Waals surface area contributed by atoms with Gasteiger partial charge in [0.05, 0.1) is 12.7 Å². The summed E-state index contributed by atoms with van der Waals surface area (Å²) in [4.78, 5) is 24.0. The van der Waals surface area contributed by atoms with Crippen LogP contribution in [0.15, 0.2) is 54.6 Å². The van der Waals surface area contributed by atoms with Gasteiger partial charge >= 0.3 is 5.97 Å². The van der Waals surface area contributed by atoms with Crippen LogP contribution in [0.25, 0.3) is 0 Å². The summed E-state index contributed by atoms with van der Waals surface area (Å²) in [7, 11) is 1.25. The Morgan fingerprint density at radius 2 is 1.50 bits per heavy atom. The molecule has 4 nitrogen and oxygen atoms in total. The first-order valence-electron chi connectivity index (χ1n) is 6.09. The van der Waals surface area contributed by atoms with E-state index in [-0.39, 0.29) is 11.1 Å². The van der Waals surface area contributed by atoms with Crippen molar-refractivity contribution in [3.63, 3.8) is 0 Å². The van der Waals surface area contributed by atoms with Gasteiger partial charge in [0.15, 0.2) is 5.78 Å². The maximum Gasteiger partial charge on any atom is 0.338 e. The first-order chi connectivity index (χ1) is 9.65. The summed E-state index contributed by atoms with van der Waals surface area (Å²) in [6, 6.07) is 14.8. The van der Waals surface area contributed by atoms with E-state index in [1.165, 1.54) is 19.2 Å². The number of hydrogen-bond donors (Lipinski definition) is 1. The third kappa shape index (κ3) is 2.75. The Kier molecular flexibility index (Phi) is 4.27. The minimum atomic E-state index is -1.30. The molecule has 4 heteroatoms. The van der Waals surface area contributed by atoms with Gasteiger partial charge in [-0.25, -0.2) is 4.79 Å². The van der Waals surface area contributed by atoms with Crippen LogP contribution in [0.5, 0.6) is 0 Å². The number of hydrogen-bond acceptors (Lipinski definition) is 4. The second-order valence-corrected chi connectivity index (χ2v) is 4.21. The Morgan fingerprint density at radius 3 is 2.10 bits per heavy atom. The second-order valence-electron chi connectivity index (χ2n) is 4.21. The van der Waals surface area contributed by atoms with Crippen molar-refractivity contribution in [2.45, 2.75) is 6.10 Å². The van der Waals surface area contributed by atoms with E-state index in [1.807, 2.05) is 0 Å². The Bertz CT molecular complexity index is 619. The molecule has 1 N–H and O–H groups in total. The van der Waals surface area contributed by atoms with E-state index in [9.17, 15) is 14.7 Å². The number of carbonyl (C=O) groups excluding carboxylic acids is 2. The predicted molar refractivity (Wildman–Crippen MR) is 73.5 cm³/mol. The number of aliphatic hydroxyl groups is 1. The van der Waals surface area contributed by atoms with E-state index < -0.39 is 17.9 Å². The van der Waals surface area contributed by atoms with Crippen LogP contribution in [-0.4, -0.2) is 24.0 Å². The predicted octanol–water partition coefficient (Wildman–Crippen LogP) is 2.39. The van der Waals surface area contributed by atoms with Gasteiger partial charge < -0.3 is 9.84 Å². The van der Waals surface area contributed by atoms with Crippen molar-refractivity contribution in [2.75, 3.05) is 7.11 Å². The molecule has 0 saturated carbocycles. The summed E-state index contributed by atoms with van der Waals surface area (Å²) >= 11 is 0. The molecule has 0 aliphatic rings. The molecule has 20 heavy (non-hydrogen) atoms. The first kappa shape index (κ1) is 14.0. The van der Waals surface area contributed by atoms with Crippen molar-refractivity contribution in [3.05, 3.63) is 71.3 Å². The lowest BCUT2D eigenvalue weighted by Crippen LogP contribution is -2.16. The van der Waals surface area contributed by atoms with E-state index in [1.54, 1.807) is 42.5 Å². The summed E-state index contributed by atoms with van der Waals surface area (Å²) in [6.07, 6.45) is -1.30. The van der Waals surface area contributed by atoms with Crippen LogP contribution in [0, 0.1) is 0 Å². The van der Waals surface area contributed by atoms with Gasteiger partial charge in [0, 0.05) is 5.56 Å². The smallest absolute Gasteiger partial charge is 0.338 e. The molecule has 1 atom stereocenters. The van der Waals surface area contributed by atoms with Crippen molar-refractivity contribution in [1.82, 2.24) is 0 Å². The quantitative estimate of drug-likeness (QED) is 0.684. The Hall–Kier alpha value is -2.46. The summed E-state index contributed by atoms with van der Waals surface area (Å²) in [5, 5.41) is 10.1. The normalized spacial score (nSPS) is 11.7. The standard InChI is InChI=1S/C16H14O4/c1-20-16(19)13-10-6-5-9-12(13)15(18)14(17)11-7-3-2-4-8-11/h2-10,14,17H,1H3. The monoisotopic (exact) mass is 270 g/mol. The maximum atomic E-state index is 12.3. The zero-order valence-corrected chi connectivity index (χ0v) is 10.9. The summed E-state index contributed by atoms with van der Waals surface area (Å²) in [6.45, 7) is 0. The average molecular weight is 270 g/mol. The second kappa shape index (κ2) is 6.12. The van der Waals surface area contributed by atoms with E-state index >= 15 is 0 Å². The minimum absolute atomic E-state index is 0.148. The Morgan fingerprint density at radius 1 is 0.950 bits per heavy atom. The Balaban J connectivity index is 2.37. The molecule has 0 aliphatic carbocycles. The highest BCUT2D eigenvalue weighted by molar-refractivity contribution is 6.08. The molecule has 0 radical (unpaired) electrons. The summed E-state index contributed by atoms with van der Waals surface area (Å²) in [5.41, 5.74) is 0.780. The summed E-state index contributed by atoms with van der Waals surface area (Å²) < 4.78 is 4.64. The summed E-state index contributed by atoms with van der Waals surface area (Å²) in [5.74, 6) is -1.13. The zero-order valence-electron chi connectivity index (χ0n) is 10.9. The number of aliphatic hydroxyl groups excluding tert-OH is 1. The zero-order chi connectivity index (χ0) is 14.5. The molecule has 102 valence electrons. The van der Waals surface area contributed by atoms with Gasteiger partial charge in [-0.15, -0.1) is 0 Å². The van der Waals surface area contributed by atoms with Gasteiger partial charge in [0.2, 0.25) is 0 Å². The number of rotatable bonds is 4. The molecule has 0 aromatic heterocycles. The molecular weight excluding hydrogens is 256 g/mol. The van der Waals surface area contributed by atoms with E-state index in [4.69, 9.17) is 0 Å². The van der Waals surface area contributed by atoms with Crippen LogP contribution in [0.3, 0.4) is 0 Å². The minimum Gasteiger partial charge on any atom is -0.465 e. The molecule has 2 aromatic carbocycles. The number of benzene rings is 2. The number of esters is 1. The Labute approximate surface area is 116 Å². The van der Waals surface area contributed by atoms with Gasteiger partial charge in [0.1, 0.15) is 6.10 Å². The molecule has 2 rings (SSSR count). The van der Waals surface area contributed by atoms with Crippen LogP contribution in [0.1, 0.15) is 32.4 Å². The molecule has 0 amide bonds. The van der Waals surface area contributed by atoms with Crippen molar-refractivity contribution in [1.29, 1.82) is 0 Å². The lowest BCUT2D eigenvalue weighted by atomic mass is 9.96. The van der Waals surface area contributed by atoms with Gasteiger partial charge in [-0.2, -0.15) is 0 Å². The third-order valence-corrected chi connectivity index (χ3v) is 2.96. The lowest BCUT2D eigenvalue weighted by Gasteiger charge is -2.12. The van der Waals surface area contributed by atoms with Crippen molar-refractivity contribution in [2.24, 2.45) is 0 Å². The molecule has 2 aromatic rings. The highest BCUT2D eigenvalue weighted by Crippen LogP contribution is 2.21. The third-order valence-electron chi connectivity index (χ3n) is 2.96. The number of Topliss-reactive ketones (excluding diaryl/α,β-unsaturated/α-hetero) is 1. The number of ketones is 1. The average Bonchev–Trinajstić information content (AvgIpc) is 2.53. The molecular formula is C16H14O4. The van der Waals surface area contributed by atoms with Crippen LogP contribution in [0.4, 0.5) is 0 Å². The van der Waals surface area contributed by atoms with Gasteiger partial charge in [0.25, 0.3) is 0 Å². The highest BCUT2D eigenvalue weighted by atomic mass is 16.5. The fourth-order valence-corrected chi connectivity index (χ4v) is 1.92. The SMILES string of the molecule is COC(=O)c1ccccc1C(=O)C(O)c1ccccc1. The van der Waals surface area contributed by atoms with Gasteiger partial charge in [-0.05, 0) is 11.6 Å². The van der Waals surface area contributed by atoms with E-state index in [0.717, 1.165) is 0 Å². The first-order valence-corrected chi connectivity index (χ1v) is 6.09. The van der Waals surface area contributed by atoms with Gasteiger partial charge in [-0.3, -0.25) is 4.79 Å². The van der Waals surface area contributed by atoms with Crippen molar-refractivity contribution >= 4 is 11.8 Å². The van der Waals surface area contributed by atoms with Gasteiger partial charge in [-0.1, -0.05) is 48.5 Å².